The van der Waals surface area contributed by atoms with E-state index >= 15 is 0 Å². The number of hydrogen-bond donors (Lipinski definition) is 2. The van der Waals surface area contributed by atoms with Crippen LogP contribution in [0.2, 0.25) is 0 Å². The standard InChI is InChI=1S/C15H15F3N2O2S/c16-15(17,18)13-6-3-7-14(20-13)22-8-10(21)9-23-12-5-2-1-4-11(12)19/h1-7,10,21H,8-9,19H2/t10-/m1/s1. The maximum atomic E-state index is 12.5. The van der Waals surface area contributed by atoms with E-state index in [1.54, 1.807) is 12.1 Å². The van der Waals surface area contributed by atoms with Crippen LogP contribution in [0, 0.1) is 0 Å². The quantitative estimate of drug-likeness (QED) is 0.622. The number of hydrogen-bond acceptors (Lipinski definition) is 5. The van der Waals surface area contributed by atoms with Crippen molar-refractivity contribution in [3.63, 3.8) is 0 Å². The average molecular weight is 344 g/mol. The molecule has 0 saturated carbocycles. The third-order valence-electron chi connectivity index (χ3n) is 2.79. The average Bonchev–Trinajstić information content (AvgIpc) is 2.51. The molecular formula is C15H15F3N2O2S. The van der Waals surface area contributed by atoms with Crippen LogP contribution in [0.4, 0.5) is 18.9 Å². The summed E-state index contributed by atoms with van der Waals surface area (Å²) in [4.78, 5) is 4.19. The normalized spacial score (nSPS) is 12.9. The molecule has 0 aliphatic heterocycles. The van der Waals surface area contributed by atoms with Crippen LogP contribution in [0.5, 0.6) is 5.88 Å². The SMILES string of the molecule is Nc1ccccc1SC[C@H](O)COc1cccc(C(F)(F)F)n1. The number of thioether (sulfide) groups is 1. The fourth-order valence-electron chi connectivity index (χ4n) is 1.68. The summed E-state index contributed by atoms with van der Waals surface area (Å²) in [6.07, 6.45) is -5.39. The van der Waals surface area contributed by atoms with E-state index in [-0.39, 0.29) is 12.5 Å². The second-order valence-electron chi connectivity index (χ2n) is 4.67. The summed E-state index contributed by atoms with van der Waals surface area (Å²) in [6, 6.07) is 10.6. The van der Waals surface area contributed by atoms with Gasteiger partial charge in [0.25, 0.3) is 0 Å². The van der Waals surface area contributed by atoms with Crippen LogP contribution < -0.4 is 10.5 Å². The highest BCUT2D eigenvalue weighted by atomic mass is 32.2. The Morgan fingerprint density at radius 2 is 1.91 bits per heavy atom. The highest BCUT2D eigenvalue weighted by molar-refractivity contribution is 7.99. The Labute approximate surface area is 135 Å². The van der Waals surface area contributed by atoms with Crippen LogP contribution in [0.1, 0.15) is 5.69 Å². The fourth-order valence-corrected chi connectivity index (χ4v) is 2.56. The van der Waals surface area contributed by atoms with Crippen molar-refractivity contribution >= 4 is 17.4 Å². The molecule has 2 aromatic rings. The molecule has 8 heteroatoms. The minimum atomic E-state index is -4.53. The van der Waals surface area contributed by atoms with Crippen LogP contribution in [-0.4, -0.2) is 28.6 Å². The number of nitrogens with zero attached hydrogens (tertiary/aromatic N) is 1. The van der Waals surface area contributed by atoms with Crippen LogP contribution in [-0.2, 0) is 6.18 Å². The zero-order valence-electron chi connectivity index (χ0n) is 12.0. The second-order valence-corrected chi connectivity index (χ2v) is 5.73. The predicted molar refractivity (Wildman–Crippen MR) is 82.3 cm³/mol. The Bertz CT molecular complexity index is 653. The van der Waals surface area contributed by atoms with Gasteiger partial charge in [-0.05, 0) is 18.2 Å². The van der Waals surface area contributed by atoms with E-state index in [9.17, 15) is 18.3 Å². The van der Waals surface area contributed by atoms with Gasteiger partial charge in [-0.25, -0.2) is 4.98 Å². The van der Waals surface area contributed by atoms with Gasteiger partial charge in [-0.3, -0.25) is 0 Å². The number of rotatable bonds is 6. The van der Waals surface area contributed by atoms with Crippen molar-refractivity contribution in [3.8, 4) is 5.88 Å². The van der Waals surface area contributed by atoms with Crippen LogP contribution in [0.25, 0.3) is 0 Å². The lowest BCUT2D eigenvalue weighted by Gasteiger charge is -2.13. The second kappa shape index (κ2) is 7.56. The van der Waals surface area contributed by atoms with Gasteiger partial charge in [0.1, 0.15) is 12.3 Å². The summed E-state index contributed by atoms with van der Waals surface area (Å²) in [5.41, 5.74) is 5.35. The lowest BCUT2D eigenvalue weighted by atomic mass is 10.3. The zero-order valence-corrected chi connectivity index (χ0v) is 12.8. The number of pyridine rings is 1. The van der Waals surface area contributed by atoms with Gasteiger partial charge in [0.15, 0.2) is 0 Å². The number of nitrogens with two attached hydrogens (primary N) is 1. The van der Waals surface area contributed by atoms with Crippen LogP contribution in [0.15, 0.2) is 47.4 Å². The summed E-state index contributed by atoms with van der Waals surface area (Å²) < 4.78 is 42.7. The third-order valence-corrected chi connectivity index (χ3v) is 4.02. The molecule has 0 bridgehead atoms. The van der Waals surface area contributed by atoms with Gasteiger partial charge in [-0.2, -0.15) is 13.2 Å². The Morgan fingerprint density at radius 3 is 2.61 bits per heavy atom. The third kappa shape index (κ3) is 5.33. The van der Waals surface area contributed by atoms with Gasteiger partial charge in [0.2, 0.25) is 5.88 Å². The smallest absolute Gasteiger partial charge is 0.433 e. The number of para-hydroxylation sites is 1. The molecule has 23 heavy (non-hydrogen) atoms. The van der Waals surface area contributed by atoms with E-state index in [2.05, 4.69) is 4.98 Å². The lowest BCUT2D eigenvalue weighted by molar-refractivity contribution is -0.141. The molecule has 1 heterocycles. The highest BCUT2D eigenvalue weighted by Crippen LogP contribution is 2.29. The first-order valence-electron chi connectivity index (χ1n) is 6.68. The van der Waals surface area contributed by atoms with Crippen molar-refractivity contribution in [1.82, 2.24) is 4.98 Å². The molecule has 0 unspecified atom stereocenters. The lowest BCUT2D eigenvalue weighted by Crippen LogP contribution is -2.21. The molecule has 0 spiro atoms. The van der Waals surface area contributed by atoms with Gasteiger partial charge in [0.05, 0.1) is 6.10 Å². The molecule has 0 radical (unpaired) electrons. The minimum Gasteiger partial charge on any atom is -0.475 e. The van der Waals surface area contributed by atoms with Gasteiger partial charge < -0.3 is 15.6 Å². The molecule has 0 saturated heterocycles. The monoisotopic (exact) mass is 344 g/mol. The number of aromatic nitrogens is 1. The summed E-state index contributed by atoms with van der Waals surface area (Å²) >= 11 is 1.34. The zero-order chi connectivity index (χ0) is 16.9. The fraction of sp³-hybridized carbons (Fsp3) is 0.267. The Kier molecular flexibility index (Phi) is 5.73. The number of nitrogen functional groups attached to an aromatic ring is 1. The number of halogens is 3. The molecule has 3 N–H and O–H groups in total. The highest BCUT2D eigenvalue weighted by Gasteiger charge is 2.32. The van der Waals surface area contributed by atoms with Crippen molar-refractivity contribution in [3.05, 3.63) is 48.2 Å². The molecule has 2 rings (SSSR count). The predicted octanol–water partition coefficient (Wildman–Crippen LogP) is 3.21. The van der Waals surface area contributed by atoms with Crippen LogP contribution >= 0.6 is 11.8 Å². The first kappa shape index (κ1) is 17.4. The molecule has 124 valence electrons. The number of ether oxygens (including phenoxy) is 1. The van der Waals surface area contributed by atoms with Gasteiger partial charge in [-0.1, -0.05) is 18.2 Å². The van der Waals surface area contributed by atoms with E-state index in [1.807, 2.05) is 12.1 Å². The maximum Gasteiger partial charge on any atom is 0.433 e. The molecule has 1 atom stereocenters. The molecule has 1 aromatic heterocycles. The van der Waals surface area contributed by atoms with Crippen molar-refractivity contribution in [2.75, 3.05) is 18.1 Å². The van der Waals surface area contributed by atoms with Gasteiger partial charge in [0, 0.05) is 22.4 Å². The molecule has 0 fully saturated rings. The molecule has 0 aliphatic rings. The van der Waals surface area contributed by atoms with Crippen LogP contribution in [0.3, 0.4) is 0 Å². The van der Waals surface area contributed by atoms with E-state index in [1.165, 1.54) is 23.9 Å². The Morgan fingerprint density at radius 1 is 1.17 bits per heavy atom. The molecular weight excluding hydrogens is 329 g/mol. The topological polar surface area (TPSA) is 68.4 Å². The van der Waals surface area contributed by atoms with Crippen molar-refractivity contribution < 1.29 is 23.0 Å². The Hall–Kier alpha value is -1.93. The first-order chi connectivity index (χ1) is 10.9. The molecule has 0 amide bonds. The molecule has 4 nitrogen and oxygen atoms in total. The summed E-state index contributed by atoms with van der Waals surface area (Å²) in [5.74, 6) is 0.121. The summed E-state index contributed by atoms with van der Waals surface area (Å²) in [6.45, 7) is -0.159. The Balaban J connectivity index is 1.85. The largest absolute Gasteiger partial charge is 0.475 e. The van der Waals surface area contributed by atoms with E-state index in [0.717, 1.165) is 11.0 Å². The van der Waals surface area contributed by atoms with Gasteiger partial charge >= 0.3 is 6.18 Å². The summed E-state index contributed by atoms with van der Waals surface area (Å²) in [5, 5.41) is 9.86. The number of anilines is 1. The van der Waals surface area contributed by atoms with Crippen molar-refractivity contribution in [1.29, 1.82) is 0 Å². The molecule has 1 aromatic carbocycles. The van der Waals surface area contributed by atoms with E-state index in [0.29, 0.717) is 11.4 Å². The number of benzene rings is 1. The van der Waals surface area contributed by atoms with Crippen molar-refractivity contribution in [2.24, 2.45) is 0 Å². The number of aliphatic hydroxyl groups excluding tert-OH is 1. The molecule has 0 aliphatic carbocycles. The number of aliphatic hydroxyl groups is 1. The van der Waals surface area contributed by atoms with Gasteiger partial charge in [-0.15, -0.1) is 11.8 Å². The minimum absolute atomic E-state index is 0.159. The van der Waals surface area contributed by atoms with Crippen molar-refractivity contribution in [2.45, 2.75) is 17.2 Å². The van der Waals surface area contributed by atoms with E-state index in [4.69, 9.17) is 10.5 Å². The number of alkyl halides is 3. The first-order valence-corrected chi connectivity index (χ1v) is 7.67. The maximum absolute atomic E-state index is 12.5. The van der Waals surface area contributed by atoms with E-state index < -0.39 is 18.0 Å². The summed E-state index contributed by atoms with van der Waals surface area (Å²) in [7, 11) is 0.